The molecule has 0 radical (unpaired) electrons. The van der Waals surface area contributed by atoms with E-state index >= 15 is 0 Å². The number of rotatable bonds is 7. The Balaban J connectivity index is 0.00000441. The molecule has 22 heavy (non-hydrogen) atoms. The van der Waals surface area contributed by atoms with Crippen LogP contribution in [0.2, 0.25) is 0 Å². The molecule has 0 saturated heterocycles. The van der Waals surface area contributed by atoms with Crippen LogP contribution in [-0.2, 0) is 6.54 Å². The number of aliphatic imine (C=N–C) groups is 1. The van der Waals surface area contributed by atoms with E-state index in [2.05, 4.69) is 29.5 Å². The molecule has 1 aromatic carbocycles. The average molecular weight is 418 g/mol. The maximum atomic E-state index is 11.0. The van der Waals surface area contributed by atoms with Crippen molar-refractivity contribution in [2.75, 3.05) is 13.1 Å². The molecule has 0 aliphatic heterocycles. The summed E-state index contributed by atoms with van der Waals surface area (Å²) in [6.45, 7) is 8.74. The molecule has 0 aliphatic rings. The van der Waals surface area contributed by atoms with Crippen molar-refractivity contribution in [2.45, 2.75) is 33.7 Å². The van der Waals surface area contributed by atoms with Crippen molar-refractivity contribution >= 4 is 35.8 Å². The molecule has 6 heteroatoms. The molecular weight excluding hydrogens is 391 g/mol. The number of nitrogens with one attached hydrogen (secondary N) is 2. The Morgan fingerprint density at radius 1 is 1.23 bits per heavy atom. The third-order valence-electron chi connectivity index (χ3n) is 3.02. The van der Waals surface area contributed by atoms with Crippen LogP contribution in [-0.4, -0.2) is 25.0 Å². The summed E-state index contributed by atoms with van der Waals surface area (Å²) < 4.78 is 0. The normalized spacial score (nSPS) is 11.0. The van der Waals surface area contributed by atoms with E-state index in [9.17, 15) is 4.79 Å². The van der Waals surface area contributed by atoms with Gasteiger partial charge in [0, 0.05) is 18.7 Å². The van der Waals surface area contributed by atoms with E-state index in [1.165, 1.54) is 0 Å². The van der Waals surface area contributed by atoms with E-state index in [-0.39, 0.29) is 24.0 Å². The fourth-order valence-corrected chi connectivity index (χ4v) is 1.77. The van der Waals surface area contributed by atoms with E-state index in [1.54, 1.807) is 12.1 Å². The van der Waals surface area contributed by atoms with Crippen molar-refractivity contribution in [3.8, 4) is 0 Å². The highest BCUT2D eigenvalue weighted by Gasteiger charge is 2.01. The van der Waals surface area contributed by atoms with Gasteiger partial charge in [-0.3, -0.25) is 4.79 Å². The fourth-order valence-electron chi connectivity index (χ4n) is 1.77. The molecule has 0 heterocycles. The zero-order chi connectivity index (χ0) is 15.7. The lowest BCUT2D eigenvalue weighted by Gasteiger charge is -2.12. The summed E-state index contributed by atoms with van der Waals surface area (Å²) in [6.07, 6.45) is 1.11. The van der Waals surface area contributed by atoms with Gasteiger partial charge in [-0.15, -0.1) is 24.0 Å². The molecule has 0 aromatic heterocycles. The molecule has 1 aromatic rings. The highest BCUT2D eigenvalue weighted by atomic mass is 127. The van der Waals surface area contributed by atoms with Gasteiger partial charge >= 0.3 is 0 Å². The summed E-state index contributed by atoms with van der Waals surface area (Å²) in [5.41, 5.74) is 6.78. The van der Waals surface area contributed by atoms with Gasteiger partial charge < -0.3 is 16.4 Å². The molecule has 1 rings (SSSR count). The minimum atomic E-state index is -0.409. The zero-order valence-electron chi connectivity index (χ0n) is 13.6. The first kappa shape index (κ1) is 20.7. The van der Waals surface area contributed by atoms with Crippen LogP contribution in [0, 0.1) is 5.92 Å². The first-order valence-electron chi connectivity index (χ1n) is 7.43. The van der Waals surface area contributed by atoms with Crippen LogP contribution in [0.25, 0.3) is 0 Å². The van der Waals surface area contributed by atoms with Gasteiger partial charge in [0.2, 0.25) is 5.91 Å². The number of hydrogen-bond donors (Lipinski definition) is 3. The monoisotopic (exact) mass is 418 g/mol. The third kappa shape index (κ3) is 8.21. The number of amides is 1. The molecular formula is C16H27IN4O. The Morgan fingerprint density at radius 2 is 1.86 bits per heavy atom. The smallest absolute Gasteiger partial charge is 0.248 e. The molecule has 4 N–H and O–H groups in total. The number of guanidine groups is 1. The molecule has 0 saturated carbocycles. The van der Waals surface area contributed by atoms with Gasteiger partial charge in [-0.2, -0.15) is 0 Å². The molecule has 5 nitrogen and oxygen atoms in total. The second-order valence-corrected chi connectivity index (χ2v) is 5.37. The summed E-state index contributed by atoms with van der Waals surface area (Å²) in [4.78, 5) is 15.5. The Hall–Kier alpha value is -1.31. The van der Waals surface area contributed by atoms with Gasteiger partial charge in [-0.05, 0) is 37.0 Å². The first-order valence-corrected chi connectivity index (χ1v) is 7.43. The van der Waals surface area contributed by atoms with Gasteiger partial charge in [-0.25, -0.2) is 4.99 Å². The van der Waals surface area contributed by atoms with E-state index in [0.29, 0.717) is 18.0 Å². The van der Waals surface area contributed by atoms with Crippen molar-refractivity contribution in [2.24, 2.45) is 16.6 Å². The summed E-state index contributed by atoms with van der Waals surface area (Å²) in [5, 5.41) is 6.54. The summed E-state index contributed by atoms with van der Waals surface area (Å²) in [7, 11) is 0. The Labute approximate surface area is 150 Å². The predicted octanol–water partition coefficient (Wildman–Crippen LogP) is 2.50. The Bertz CT molecular complexity index is 472. The predicted molar refractivity (Wildman–Crippen MR) is 103 cm³/mol. The van der Waals surface area contributed by atoms with Gasteiger partial charge in [0.05, 0.1) is 6.54 Å². The van der Waals surface area contributed by atoms with E-state index in [1.807, 2.05) is 19.1 Å². The van der Waals surface area contributed by atoms with Crippen LogP contribution < -0.4 is 16.4 Å². The summed E-state index contributed by atoms with van der Waals surface area (Å²) in [5.74, 6) is 1.08. The van der Waals surface area contributed by atoms with Crippen LogP contribution in [0.3, 0.4) is 0 Å². The number of hydrogen-bond acceptors (Lipinski definition) is 2. The van der Waals surface area contributed by atoms with E-state index in [0.717, 1.165) is 31.0 Å². The van der Waals surface area contributed by atoms with E-state index in [4.69, 9.17) is 5.73 Å². The summed E-state index contributed by atoms with van der Waals surface area (Å²) >= 11 is 0. The van der Waals surface area contributed by atoms with Gasteiger partial charge in [-0.1, -0.05) is 26.0 Å². The molecule has 0 bridgehead atoms. The molecule has 0 aliphatic carbocycles. The van der Waals surface area contributed by atoms with Gasteiger partial charge in [0.25, 0.3) is 0 Å². The lowest BCUT2D eigenvalue weighted by molar-refractivity contribution is 0.100. The Kier molecular flexibility index (Phi) is 10.6. The molecule has 0 fully saturated rings. The third-order valence-corrected chi connectivity index (χ3v) is 3.02. The quantitative estimate of drug-likeness (QED) is 0.362. The van der Waals surface area contributed by atoms with Gasteiger partial charge in [0.1, 0.15) is 0 Å². The number of nitrogens with two attached hydrogens (primary N) is 1. The standard InChI is InChI=1S/C16H26N4O.HI/c1-4-18-16(19-10-9-12(2)3)20-11-13-5-7-14(8-6-13)15(17)21;/h5-8,12H,4,9-11H2,1-3H3,(H2,17,21)(H2,18,19,20);1H. The van der Waals surface area contributed by atoms with Crippen molar-refractivity contribution in [3.63, 3.8) is 0 Å². The van der Waals surface area contributed by atoms with Crippen LogP contribution in [0.4, 0.5) is 0 Å². The average Bonchev–Trinajstić information content (AvgIpc) is 2.44. The van der Waals surface area contributed by atoms with Crippen molar-refractivity contribution in [1.29, 1.82) is 0 Å². The van der Waals surface area contributed by atoms with Crippen LogP contribution in [0.1, 0.15) is 43.1 Å². The SMILES string of the molecule is CCNC(=NCc1ccc(C(N)=O)cc1)NCCC(C)C.I. The maximum absolute atomic E-state index is 11.0. The number of halogens is 1. The Morgan fingerprint density at radius 3 is 2.36 bits per heavy atom. The fraction of sp³-hybridized carbons (Fsp3) is 0.500. The molecule has 0 spiro atoms. The van der Waals surface area contributed by atoms with Crippen molar-refractivity contribution < 1.29 is 4.79 Å². The molecule has 1 amide bonds. The number of carbonyl (C=O) groups excluding carboxylic acids is 1. The highest BCUT2D eigenvalue weighted by Crippen LogP contribution is 2.05. The van der Waals surface area contributed by atoms with Crippen LogP contribution >= 0.6 is 24.0 Å². The van der Waals surface area contributed by atoms with E-state index < -0.39 is 5.91 Å². The number of primary amides is 1. The summed E-state index contributed by atoms with van der Waals surface area (Å²) in [6, 6.07) is 7.21. The zero-order valence-corrected chi connectivity index (χ0v) is 15.9. The number of carbonyl (C=O) groups is 1. The maximum Gasteiger partial charge on any atom is 0.248 e. The lowest BCUT2D eigenvalue weighted by atomic mass is 10.1. The number of nitrogens with zero attached hydrogens (tertiary/aromatic N) is 1. The largest absolute Gasteiger partial charge is 0.366 e. The topological polar surface area (TPSA) is 79.5 Å². The van der Waals surface area contributed by atoms with Crippen LogP contribution in [0.15, 0.2) is 29.3 Å². The van der Waals surface area contributed by atoms with Gasteiger partial charge in [0.15, 0.2) is 5.96 Å². The minimum Gasteiger partial charge on any atom is -0.366 e. The minimum absolute atomic E-state index is 0. The van der Waals surface area contributed by atoms with Crippen LogP contribution in [0.5, 0.6) is 0 Å². The van der Waals surface area contributed by atoms with Crippen molar-refractivity contribution in [3.05, 3.63) is 35.4 Å². The molecule has 124 valence electrons. The lowest BCUT2D eigenvalue weighted by Crippen LogP contribution is -2.38. The van der Waals surface area contributed by atoms with Crippen molar-refractivity contribution in [1.82, 2.24) is 10.6 Å². The number of benzene rings is 1. The molecule has 0 unspecified atom stereocenters. The second-order valence-electron chi connectivity index (χ2n) is 5.37. The second kappa shape index (κ2) is 11.3. The highest BCUT2D eigenvalue weighted by molar-refractivity contribution is 14.0. The molecule has 0 atom stereocenters. The first-order chi connectivity index (χ1) is 10.0.